The van der Waals surface area contributed by atoms with E-state index in [1.807, 2.05) is 0 Å². The van der Waals surface area contributed by atoms with Gasteiger partial charge in [-0.1, -0.05) is 11.6 Å². The highest BCUT2D eigenvalue weighted by atomic mass is 35.5. The van der Waals surface area contributed by atoms with Gasteiger partial charge in [-0.05, 0) is 54.6 Å². The topological polar surface area (TPSA) is 113 Å². The third kappa shape index (κ3) is 4.89. The number of aromatic amines is 1. The summed E-state index contributed by atoms with van der Waals surface area (Å²) >= 11 is 5.64. The third-order valence-electron chi connectivity index (χ3n) is 5.19. The molecule has 178 valence electrons. The zero-order chi connectivity index (χ0) is 25.2. The molecule has 0 aliphatic carbocycles. The molecule has 0 fully saturated rings. The summed E-state index contributed by atoms with van der Waals surface area (Å²) in [4.78, 5) is 34.3. The van der Waals surface area contributed by atoms with Crippen molar-refractivity contribution in [2.24, 2.45) is 0 Å². The van der Waals surface area contributed by atoms with Crippen LogP contribution in [0.2, 0.25) is 5.02 Å². The van der Waals surface area contributed by atoms with Gasteiger partial charge >= 0.3 is 6.03 Å². The second-order valence-electron chi connectivity index (χ2n) is 7.71. The second kappa shape index (κ2) is 9.51. The molecule has 0 saturated heterocycles. The maximum absolute atomic E-state index is 14.3. The SMILES string of the molecule is O=C(Nc1cc(F)cc(C(=O)c2ccc3ncc(-c4cn[nH]c4)nc3c2)c1)Nc1ccc(Cl)c(F)c1. The number of amides is 2. The number of carbonyl (C=O) groups excluding carboxylic acids is 2. The first-order valence-corrected chi connectivity index (χ1v) is 10.9. The number of carbonyl (C=O) groups is 2. The Balaban J connectivity index is 1.38. The smallest absolute Gasteiger partial charge is 0.308 e. The van der Waals surface area contributed by atoms with Crippen molar-refractivity contribution in [3.63, 3.8) is 0 Å². The number of halogens is 3. The minimum Gasteiger partial charge on any atom is -0.308 e. The summed E-state index contributed by atoms with van der Waals surface area (Å²) < 4.78 is 27.9. The first kappa shape index (κ1) is 23.1. The summed E-state index contributed by atoms with van der Waals surface area (Å²) in [6.45, 7) is 0. The van der Waals surface area contributed by atoms with Gasteiger partial charge in [0.05, 0.1) is 34.1 Å². The number of hydrogen-bond donors (Lipinski definition) is 3. The molecular weight excluding hydrogens is 490 g/mol. The van der Waals surface area contributed by atoms with Crippen molar-refractivity contribution in [2.75, 3.05) is 10.6 Å². The van der Waals surface area contributed by atoms with Gasteiger partial charge in [0.2, 0.25) is 0 Å². The molecule has 0 spiro atoms. The molecule has 2 amide bonds. The lowest BCUT2D eigenvalue weighted by Crippen LogP contribution is -2.20. The molecule has 0 radical (unpaired) electrons. The zero-order valence-corrected chi connectivity index (χ0v) is 19.0. The summed E-state index contributed by atoms with van der Waals surface area (Å²) in [6, 6.07) is 11.2. The molecule has 0 aliphatic rings. The van der Waals surface area contributed by atoms with Crippen LogP contribution in [-0.4, -0.2) is 32.0 Å². The minimum absolute atomic E-state index is 0.0149. The minimum atomic E-state index is -0.756. The molecule has 5 aromatic rings. The van der Waals surface area contributed by atoms with E-state index in [4.69, 9.17) is 11.6 Å². The van der Waals surface area contributed by atoms with E-state index in [9.17, 15) is 18.4 Å². The fourth-order valence-electron chi connectivity index (χ4n) is 3.51. The molecule has 36 heavy (non-hydrogen) atoms. The number of nitrogens with one attached hydrogen (secondary N) is 3. The van der Waals surface area contributed by atoms with E-state index in [0.29, 0.717) is 16.7 Å². The zero-order valence-electron chi connectivity index (χ0n) is 18.2. The van der Waals surface area contributed by atoms with Gasteiger partial charge in [-0.15, -0.1) is 0 Å². The lowest BCUT2D eigenvalue weighted by molar-refractivity contribution is 0.103. The molecule has 11 heteroatoms. The van der Waals surface area contributed by atoms with E-state index in [1.54, 1.807) is 36.8 Å². The van der Waals surface area contributed by atoms with Crippen LogP contribution in [0.4, 0.5) is 25.0 Å². The van der Waals surface area contributed by atoms with Crippen LogP contribution in [0.3, 0.4) is 0 Å². The number of benzene rings is 3. The number of H-pyrrole nitrogens is 1. The molecule has 3 N–H and O–H groups in total. The highest BCUT2D eigenvalue weighted by molar-refractivity contribution is 6.30. The largest absolute Gasteiger partial charge is 0.323 e. The Morgan fingerprint density at radius 1 is 0.861 bits per heavy atom. The van der Waals surface area contributed by atoms with E-state index < -0.39 is 23.4 Å². The molecular formula is C25H15ClF2N6O2. The highest BCUT2D eigenvalue weighted by Crippen LogP contribution is 2.23. The number of rotatable bonds is 5. The average molecular weight is 505 g/mol. The lowest BCUT2D eigenvalue weighted by Gasteiger charge is -2.10. The van der Waals surface area contributed by atoms with Crippen molar-refractivity contribution in [3.05, 3.63) is 101 Å². The fourth-order valence-corrected chi connectivity index (χ4v) is 3.63. The van der Waals surface area contributed by atoms with Gasteiger partial charge < -0.3 is 10.6 Å². The van der Waals surface area contributed by atoms with E-state index >= 15 is 0 Å². The predicted octanol–water partition coefficient (Wildman–Crippen LogP) is 5.83. The number of anilines is 2. The highest BCUT2D eigenvalue weighted by Gasteiger charge is 2.15. The van der Waals surface area contributed by atoms with Gasteiger partial charge in [0, 0.05) is 34.3 Å². The Morgan fingerprint density at radius 3 is 2.47 bits per heavy atom. The number of aromatic nitrogens is 4. The molecule has 5 rings (SSSR count). The Hall–Kier alpha value is -4.70. The number of fused-ring (bicyclic) bond motifs is 1. The quantitative estimate of drug-likeness (QED) is 0.261. The van der Waals surface area contributed by atoms with E-state index in [0.717, 1.165) is 23.8 Å². The molecule has 2 aromatic heterocycles. The molecule has 0 unspecified atom stereocenters. The van der Waals surface area contributed by atoms with Gasteiger partial charge in [0.25, 0.3) is 0 Å². The Bertz CT molecular complexity index is 1630. The van der Waals surface area contributed by atoms with Crippen molar-refractivity contribution < 1.29 is 18.4 Å². The summed E-state index contributed by atoms with van der Waals surface area (Å²) in [5.74, 6) is -1.91. The maximum Gasteiger partial charge on any atom is 0.323 e. The first-order chi connectivity index (χ1) is 17.4. The Labute approximate surface area is 207 Å². The van der Waals surface area contributed by atoms with E-state index in [1.165, 1.54) is 18.2 Å². The van der Waals surface area contributed by atoms with Crippen LogP contribution in [0.1, 0.15) is 15.9 Å². The van der Waals surface area contributed by atoms with Crippen LogP contribution in [0.5, 0.6) is 0 Å². The number of ketones is 1. The van der Waals surface area contributed by atoms with Crippen LogP contribution in [0.25, 0.3) is 22.3 Å². The van der Waals surface area contributed by atoms with E-state index in [-0.39, 0.29) is 27.5 Å². The van der Waals surface area contributed by atoms with Crippen LogP contribution in [0, 0.1) is 11.6 Å². The summed E-state index contributed by atoms with van der Waals surface area (Å²) in [5, 5.41) is 11.4. The maximum atomic E-state index is 14.3. The van der Waals surface area contributed by atoms with Crippen molar-refractivity contribution in [2.45, 2.75) is 0 Å². The summed E-state index contributed by atoms with van der Waals surface area (Å²) in [7, 11) is 0. The second-order valence-corrected chi connectivity index (χ2v) is 8.12. The molecule has 8 nitrogen and oxygen atoms in total. The molecule has 0 saturated carbocycles. The standard InChI is InChI=1S/C25H15ClF2N6O2/c26-19-3-2-17(9-20(19)28)32-25(36)33-18-6-14(5-16(27)8-18)24(35)13-1-4-21-22(7-13)34-23(12-29-21)15-10-30-31-11-15/h1-12H,(H,30,31)(H2,32,33,36). The van der Waals surface area contributed by atoms with E-state index in [2.05, 4.69) is 30.8 Å². The molecule has 0 bridgehead atoms. The van der Waals surface area contributed by atoms with Gasteiger partial charge in [-0.2, -0.15) is 5.10 Å². The monoisotopic (exact) mass is 504 g/mol. The first-order valence-electron chi connectivity index (χ1n) is 10.5. The van der Waals surface area contributed by atoms with Gasteiger partial charge in [0.1, 0.15) is 11.6 Å². The van der Waals surface area contributed by atoms with Crippen molar-refractivity contribution in [3.8, 4) is 11.3 Å². The third-order valence-corrected chi connectivity index (χ3v) is 5.50. The van der Waals surface area contributed by atoms with Crippen LogP contribution in [-0.2, 0) is 0 Å². The number of nitrogens with zero attached hydrogens (tertiary/aromatic N) is 3. The van der Waals surface area contributed by atoms with Crippen molar-refractivity contribution in [1.82, 2.24) is 20.2 Å². The summed E-state index contributed by atoms with van der Waals surface area (Å²) in [5.41, 5.74) is 2.83. The average Bonchev–Trinajstić information content (AvgIpc) is 3.40. The predicted molar refractivity (Wildman–Crippen MR) is 131 cm³/mol. The van der Waals surface area contributed by atoms with Crippen molar-refractivity contribution >= 4 is 45.8 Å². The van der Waals surface area contributed by atoms with Gasteiger partial charge in [0.15, 0.2) is 5.78 Å². The normalized spacial score (nSPS) is 10.9. The van der Waals surface area contributed by atoms with Crippen molar-refractivity contribution in [1.29, 1.82) is 0 Å². The molecule has 3 aromatic carbocycles. The Kier molecular flexibility index (Phi) is 6.09. The summed E-state index contributed by atoms with van der Waals surface area (Å²) in [6.07, 6.45) is 4.88. The molecule has 0 atom stereocenters. The Morgan fingerprint density at radius 2 is 1.69 bits per heavy atom. The lowest BCUT2D eigenvalue weighted by atomic mass is 10.0. The molecule has 0 aliphatic heterocycles. The number of hydrogen-bond acceptors (Lipinski definition) is 5. The van der Waals surface area contributed by atoms with Crippen LogP contribution < -0.4 is 10.6 Å². The van der Waals surface area contributed by atoms with Gasteiger partial charge in [-0.25, -0.2) is 18.6 Å². The van der Waals surface area contributed by atoms with Gasteiger partial charge in [-0.3, -0.25) is 14.9 Å². The number of urea groups is 1. The molecule has 2 heterocycles. The fraction of sp³-hybridized carbons (Fsp3) is 0. The van der Waals surface area contributed by atoms with Crippen LogP contribution in [0.15, 0.2) is 73.2 Å². The van der Waals surface area contributed by atoms with Crippen LogP contribution >= 0.6 is 11.6 Å².